The molecule has 1 aliphatic heterocycles. The molecule has 1 unspecified atom stereocenters. The fourth-order valence-electron chi connectivity index (χ4n) is 2.90. The van der Waals surface area contributed by atoms with Crippen LogP contribution >= 0.6 is 0 Å². The van der Waals surface area contributed by atoms with Gasteiger partial charge in [-0.2, -0.15) is 0 Å². The Balaban J connectivity index is 1.86. The van der Waals surface area contributed by atoms with Crippen LogP contribution < -0.4 is 5.32 Å². The van der Waals surface area contributed by atoms with Gasteiger partial charge in [0, 0.05) is 30.2 Å². The average Bonchev–Trinajstić information content (AvgIpc) is 2.96. The lowest BCUT2D eigenvalue weighted by Gasteiger charge is -2.25. The van der Waals surface area contributed by atoms with Gasteiger partial charge >= 0.3 is 0 Å². The predicted molar refractivity (Wildman–Crippen MR) is 87.3 cm³/mol. The van der Waals surface area contributed by atoms with Crippen LogP contribution in [0.25, 0.3) is 0 Å². The van der Waals surface area contributed by atoms with Gasteiger partial charge in [0.1, 0.15) is 5.76 Å². The number of hydrogen-bond acceptors (Lipinski definition) is 4. The van der Waals surface area contributed by atoms with Crippen LogP contribution in [0.3, 0.4) is 0 Å². The van der Waals surface area contributed by atoms with Crippen molar-refractivity contribution in [3.8, 4) is 0 Å². The van der Waals surface area contributed by atoms with E-state index in [4.69, 9.17) is 4.42 Å². The lowest BCUT2D eigenvalue weighted by molar-refractivity contribution is 0.205. The number of rotatable bonds is 6. The fourth-order valence-corrected chi connectivity index (χ4v) is 2.90. The molecule has 1 aromatic heterocycles. The van der Waals surface area contributed by atoms with Crippen LogP contribution in [0.5, 0.6) is 0 Å². The summed E-state index contributed by atoms with van der Waals surface area (Å²) in [7, 11) is 4.42. The van der Waals surface area contributed by atoms with Gasteiger partial charge in [-0.25, -0.2) is 0 Å². The second kappa shape index (κ2) is 6.95. The fraction of sp³-hybridized carbons (Fsp3) is 0.765. The first-order valence-electron chi connectivity index (χ1n) is 8.04. The number of nitrogens with zero attached hydrogens (tertiary/aromatic N) is 2. The Morgan fingerprint density at radius 3 is 2.81 bits per heavy atom. The van der Waals surface area contributed by atoms with Crippen LogP contribution in [0.1, 0.15) is 44.9 Å². The van der Waals surface area contributed by atoms with Crippen molar-refractivity contribution in [2.75, 3.05) is 27.2 Å². The molecule has 0 amide bonds. The highest BCUT2D eigenvalue weighted by molar-refractivity contribution is 5.17. The molecule has 0 aromatic carbocycles. The molecule has 120 valence electrons. The van der Waals surface area contributed by atoms with Crippen LogP contribution in [0.4, 0.5) is 0 Å². The minimum absolute atomic E-state index is 0.132. The Kier molecular flexibility index (Phi) is 5.47. The first kappa shape index (κ1) is 16.5. The Bertz CT molecular complexity index is 435. The van der Waals surface area contributed by atoms with Gasteiger partial charge in [0.15, 0.2) is 0 Å². The van der Waals surface area contributed by atoms with Crippen molar-refractivity contribution in [3.05, 3.63) is 23.7 Å². The van der Waals surface area contributed by atoms with Crippen molar-refractivity contribution in [1.82, 2.24) is 15.1 Å². The van der Waals surface area contributed by atoms with E-state index < -0.39 is 0 Å². The van der Waals surface area contributed by atoms with Crippen LogP contribution in [0, 0.1) is 0 Å². The number of nitrogens with one attached hydrogen (secondary N) is 1. The van der Waals surface area contributed by atoms with Crippen LogP contribution in [0.2, 0.25) is 0 Å². The van der Waals surface area contributed by atoms with Gasteiger partial charge in [0.05, 0.1) is 12.8 Å². The molecule has 1 aromatic rings. The van der Waals surface area contributed by atoms with E-state index in [-0.39, 0.29) is 5.54 Å². The van der Waals surface area contributed by atoms with Crippen molar-refractivity contribution in [3.63, 3.8) is 0 Å². The molecule has 4 nitrogen and oxygen atoms in total. The van der Waals surface area contributed by atoms with E-state index in [2.05, 4.69) is 56.0 Å². The summed E-state index contributed by atoms with van der Waals surface area (Å²) < 4.78 is 5.70. The Hall–Kier alpha value is -0.840. The molecular weight excluding hydrogens is 262 g/mol. The zero-order valence-electron chi connectivity index (χ0n) is 14.3. The van der Waals surface area contributed by atoms with E-state index in [9.17, 15) is 0 Å². The van der Waals surface area contributed by atoms with Crippen molar-refractivity contribution >= 4 is 0 Å². The minimum atomic E-state index is 0.132. The summed E-state index contributed by atoms with van der Waals surface area (Å²) in [5, 5.41) is 3.53. The molecule has 1 atom stereocenters. The summed E-state index contributed by atoms with van der Waals surface area (Å²) in [5.41, 5.74) is 1.41. The molecule has 1 saturated heterocycles. The maximum atomic E-state index is 5.70. The SMILES string of the molecule is CN(Cc1occc1CNC(C)(C)C)CC1CCCN1C. The molecule has 0 bridgehead atoms. The molecular formula is C17H31N3O. The Morgan fingerprint density at radius 1 is 1.43 bits per heavy atom. The van der Waals surface area contributed by atoms with Crippen LogP contribution in [0.15, 0.2) is 16.7 Å². The van der Waals surface area contributed by atoms with E-state index in [1.165, 1.54) is 24.9 Å². The van der Waals surface area contributed by atoms with E-state index in [0.717, 1.165) is 25.4 Å². The van der Waals surface area contributed by atoms with Crippen LogP contribution in [-0.2, 0) is 13.1 Å². The average molecular weight is 293 g/mol. The van der Waals surface area contributed by atoms with E-state index in [0.29, 0.717) is 6.04 Å². The van der Waals surface area contributed by atoms with E-state index in [1.807, 2.05) is 6.26 Å². The molecule has 1 aliphatic rings. The standard InChI is InChI=1S/C17H31N3O/c1-17(2,3)18-11-14-8-10-21-16(14)13-19(4)12-15-7-6-9-20(15)5/h8,10,15,18H,6-7,9,11-13H2,1-5H3. The van der Waals surface area contributed by atoms with Crippen molar-refractivity contribution < 1.29 is 4.42 Å². The molecule has 21 heavy (non-hydrogen) atoms. The molecule has 0 aliphatic carbocycles. The maximum absolute atomic E-state index is 5.70. The van der Waals surface area contributed by atoms with Crippen molar-refractivity contribution in [2.24, 2.45) is 0 Å². The smallest absolute Gasteiger partial charge is 0.122 e. The molecule has 1 fully saturated rings. The Labute approximate surface area is 129 Å². The second-order valence-corrected chi connectivity index (χ2v) is 7.45. The highest BCUT2D eigenvalue weighted by Gasteiger charge is 2.22. The normalized spacial score (nSPS) is 20.6. The summed E-state index contributed by atoms with van der Waals surface area (Å²) in [6.07, 6.45) is 4.46. The first-order chi connectivity index (χ1) is 9.85. The molecule has 0 spiro atoms. The highest BCUT2D eigenvalue weighted by Crippen LogP contribution is 2.18. The first-order valence-corrected chi connectivity index (χ1v) is 8.04. The molecule has 4 heteroatoms. The van der Waals surface area contributed by atoms with Gasteiger partial charge in [-0.15, -0.1) is 0 Å². The van der Waals surface area contributed by atoms with E-state index in [1.54, 1.807) is 0 Å². The summed E-state index contributed by atoms with van der Waals surface area (Å²) in [4.78, 5) is 4.85. The van der Waals surface area contributed by atoms with Gasteiger partial charge in [-0.05, 0) is 60.3 Å². The summed E-state index contributed by atoms with van der Waals surface area (Å²) >= 11 is 0. The molecule has 2 heterocycles. The quantitative estimate of drug-likeness (QED) is 0.874. The molecule has 0 saturated carbocycles. The second-order valence-electron chi connectivity index (χ2n) is 7.45. The predicted octanol–water partition coefficient (Wildman–Crippen LogP) is 2.69. The van der Waals surface area contributed by atoms with Crippen LogP contribution in [-0.4, -0.2) is 48.6 Å². The van der Waals surface area contributed by atoms with Crippen molar-refractivity contribution in [2.45, 2.75) is 58.3 Å². The van der Waals surface area contributed by atoms with Crippen molar-refractivity contribution in [1.29, 1.82) is 0 Å². The lowest BCUT2D eigenvalue weighted by atomic mass is 10.1. The third-order valence-electron chi connectivity index (χ3n) is 4.25. The molecule has 1 N–H and O–H groups in total. The third kappa shape index (κ3) is 5.13. The monoisotopic (exact) mass is 293 g/mol. The van der Waals surface area contributed by atoms with Gasteiger partial charge in [0.25, 0.3) is 0 Å². The largest absolute Gasteiger partial charge is 0.468 e. The number of furan rings is 1. The van der Waals surface area contributed by atoms with Gasteiger partial charge in [0.2, 0.25) is 0 Å². The lowest BCUT2D eigenvalue weighted by Crippen LogP contribution is -2.37. The van der Waals surface area contributed by atoms with Gasteiger partial charge < -0.3 is 14.6 Å². The number of hydrogen-bond donors (Lipinski definition) is 1. The summed E-state index contributed by atoms with van der Waals surface area (Å²) in [6, 6.07) is 2.78. The maximum Gasteiger partial charge on any atom is 0.122 e. The summed E-state index contributed by atoms with van der Waals surface area (Å²) in [6.45, 7) is 10.7. The molecule has 2 rings (SSSR count). The number of likely N-dealkylation sites (N-methyl/N-ethyl adjacent to an activating group) is 2. The van der Waals surface area contributed by atoms with E-state index >= 15 is 0 Å². The minimum Gasteiger partial charge on any atom is -0.468 e. The zero-order chi connectivity index (χ0) is 15.5. The topological polar surface area (TPSA) is 31.7 Å². The number of likely N-dealkylation sites (tertiary alicyclic amines) is 1. The molecule has 0 radical (unpaired) electrons. The summed E-state index contributed by atoms with van der Waals surface area (Å²) in [5.74, 6) is 1.09. The highest BCUT2D eigenvalue weighted by atomic mass is 16.3. The van der Waals surface area contributed by atoms with Gasteiger partial charge in [-0.1, -0.05) is 0 Å². The zero-order valence-corrected chi connectivity index (χ0v) is 14.3. The van der Waals surface area contributed by atoms with Gasteiger partial charge in [-0.3, -0.25) is 4.90 Å². The Morgan fingerprint density at radius 2 is 2.19 bits per heavy atom. The third-order valence-corrected chi connectivity index (χ3v) is 4.25.